The minimum atomic E-state index is -4.80. The molecule has 0 radical (unpaired) electrons. The highest BCUT2D eigenvalue weighted by Crippen LogP contribution is 2.35. The standard InChI is InChI=1S/C8H6ClF3INO2/c1-15-6-5(13)4(2-9)3-14-7(6)16-8(10,11)12/h3H,2H2,1H3. The van der Waals surface area contributed by atoms with E-state index in [9.17, 15) is 13.2 Å². The maximum Gasteiger partial charge on any atom is 0.574 e. The van der Waals surface area contributed by atoms with Crippen LogP contribution in [0.3, 0.4) is 0 Å². The zero-order valence-electron chi connectivity index (χ0n) is 7.94. The maximum absolute atomic E-state index is 12.0. The van der Waals surface area contributed by atoms with Crippen LogP contribution in [0.2, 0.25) is 0 Å². The summed E-state index contributed by atoms with van der Waals surface area (Å²) in [6.45, 7) is 0. The number of nitrogens with zero attached hydrogens (tertiary/aromatic N) is 1. The molecule has 0 aliphatic rings. The number of halogens is 5. The van der Waals surface area contributed by atoms with Gasteiger partial charge in [-0.2, -0.15) is 0 Å². The van der Waals surface area contributed by atoms with Crippen molar-refractivity contribution in [3.63, 3.8) is 0 Å². The van der Waals surface area contributed by atoms with Gasteiger partial charge in [-0.15, -0.1) is 24.8 Å². The van der Waals surface area contributed by atoms with Crippen LogP contribution < -0.4 is 9.47 Å². The van der Waals surface area contributed by atoms with Crippen molar-refractivity contribution < 1.29 is 22.6 Å². The minimum absolute atomic E-state index is 0.0731. The van der Waals surface area contributed by atoms with Crippen LogP contribution >= 0.6 is 34.2 Å². The normalized spacial score (nSPS) is 11.4. The van der Waals surface area contributed by atoms with Gasteiger partial charge < -0.3 is 9.47 Å². The molecule has 0 spiro atoms. The van der Waals surface area contributed by atoms with Gasteiger partial charge >= 0.3 is 6.36 Å². The third kappa shape index (κ3) is 3.27. The summed E-state index contributed by atoms with van der Waals surface area (Å²) in [6, 6.07) is 0. The second kappa shape index (κ2) is 5.26. The topological polar surface area (TPSA) is 31.4 Å². The SMILES string of the molecule is COc1c(OC(F)(F)F)ncc(CCl)c1I. The summed E-state index contributed by atoms with van der Waals surface area (Å²) in [7, 11) is 1.24. The van der Waals surface area contributed by atoms with E-state index in [2.05, 4.69) is 9.72 Å². The second-order valence-corrected chi connectivity index (χ2v) is 3.96. The lowest BCUT2D eigenvalue weighted by molar-refractivity contribution is -0.276. The molecule has 0 bridgehead atoms. The molecule has 1 aromatic heterocycles. The van der Waals surface area contributed by atoms with Gasteiger partial charge in [-0.3, -0.25) is 0 Å². The molecule has 0 aromatic carbocycles. The lowest BCUT2D eigenvalue weighted by Crippen LogP contribution is -2.19. The van der Waals surface area contributed by atoms with Crippen molar-refractivity contribution in [2.75, 3.05) is 7.11 Å². The Bertz CT molecular complexity index is 386. The Morgan fingerprint density at radius 2 is 2.12 bits per heavy atom. The first kappa shape index (κ1) is 13.6. The minimum Gasteiger partial charge on any atom is -0.490 e. The monoisotopic (exact) mass is 367 g/mol. The summed E-state index contributed by atoms with van der Waals surface area (Å²) in [5.74, 6) is -0.558. The van der Waals surface area contributed by atoms with Crippen molar-refractivity contribution in [2.24, 2.45) is 0 Å². The molecule has 8 heteroatoms. The zero-order chi connectivity index (χ0) is 12.3. The molecule has 0 aliphatic carbocycles. The number of aromatic nitrogens is 1. The van der Waals surface area contributed by atoms with Gasteiger partial charge in [0.05, 0.1) is 16.6 Å². The van der Waals surface area contributed by atoms with Crippen LogP contribution in [0.4, 0.5) is 13.2 Å². The van der Waals surface area contributed by atoms with Gasteiger partial charge in [-0.05, 0) is 22.6 Å². The van der Waals surface area contributed by atoms with Gasteiger partial charge in [-0.1, -0.05) is 0 Å². The first-order chi connectivity index (χ1) is 7.39. The predicted octanol–water partition coefficient (Wildman–Crippen LogP) is 3.33. The zero-order valence-corrected chi connectivity index (χ0v) is 10.9. The largest absolute Gasteiger partial charge is 0.574 e. The van der Waals surface area contributed by atoms with E-state index in [4.69, 9.17) is 16.3 Å². The van der Waals surface area contributed by atoms with Crippen molar-refractivity contribution in [2.45, 2.75) is 12.2 Å². The van der Waals surface area contributed by atoms with E-state index in [1.165, 1.54) is 13.3 Å². The van der Waals surface area contributed by atoms with E-state index in [1.54, 1.807) is 0 Å². The van der Waals surface area contributed by atoms with Crippen LogP contribution in [0.5, 0.6) is 11.6 Å². The lowest BCUT2D eigenvalue weighted by Gasteiger charge is -2.13. The fraction of sp³-hybridized carbons (Fsp3) is 0.375. The first-order valence-electron chi connectivity index (χ1n) is 3.92. The number of hydrogen-bond donors (Lipinski definition) is 0. The maximum atomic E-state index is 12.0. The van der Waals surface area contributed by atoms with Crippen molar-refractivity contribution in [3.05, 3.63) is 15.3 Å². The van der Waals surface area contributed by atoms with Gasteiger partial charge in [0.25, 0.3) is 5.88 Å². The molecular weight excluding hydrogens is 361 g/mol. The molecule has 1 aromatic rings. The molecule has 0 aliphatic heterocycles. The second-order valence-electron chi connectivity index (χ2n) is 2.62. The van der Waals surface area contributed by atoms with E-state index < -0.39 is 12.2 Å². The van der Waals surface area contributed by atoms with Crippen molar-refractivity contribution in [1.82, 2.24) is 4.98 Å². The highest BCUT2D eigenvalue weighted by atomic mass is 127. The molecule has 1 rings (SSSR count). The average Bonchev–Trinajstić information content (AvgIpc) is 2.16. The molecule has 90 valence electrons. The molecule has 0 N–H and O–H groups in total. The fourth-order valence-corrected chi connectivity index (χ4v) is 2.15. The molecule has 0 saturated heterocycles. The third-order valence-corrected chi connectivity index (χ3v) is 3.04. The summed E-state index contributed by atoms with van der Waals surface area (Å²) in [5, 5.41) is 0. The number of hydrogen-bond acceptors (Lipinski definition) is 3. The molecule has 0 saturated carbocycles. The van der Waals surface area contributed by atoms with E-state index in [-0.39, 0.29) is 11.6 Å². The van der Waals surface area contributed by atoms with Gasteiger partial charge in [0.2, 0.25) is 0 Å². The molecule has 1 heterocycles. The Morgan fingerprint density at radius 3 is 2.56 bits per heavy atom. The summed E-state index contributed by atoms with van der Waals surface area (Å²) >= 11 is 7.40. The number of alkyl halides is 4. The summed E-state index contributed by atoms with van der Waals surface area (Å²) < 4.78 is 45.1. The van der Waals surface area contributed by atoms with Crippen molar-refractivity contribution >= 4 is 34.2 Å². The van der Waals surface area contributed by atoms with Crippen LogP contribution in [0.25, 0.3) is 0 Å². The summed E-state index contributed by atoms with van der Waals surface area (Å²) in [4.78, 5) is 3.51. The van der Waals surface area contributed by atoms with Crippen LogP contribution in [0.1, 0.15) is 5.56 Å². The van der Waals surface area contributed by atoms with Crippen LogP contribution in [0.15, 0.2) is 6.20 Å². The lowest BCUT2D eigenvalue weighted by atomic mass is 10.3. The highest BCUT2D eigenvalue weighted by Gasteiger charge is 2.34. The molecule has 0 fully saturated rings. The number of rotatable bonds is 3. The van der Waals surface area contributed by atoms with Crippen molar-refractivity contribution in [3.8, 4) is 11.6 Å². The Labute approximate surface area is 108 Å². The molecule has 0 unspecified atom stereocenters. The van der Waals surface area contributed by atoms with E-state index in [0.717, 1.165) is 0 Å². The van der Waals surface area contributed by atoms with Gasteiger partial charge in [0, 0.05) is 11.8 Å². The Kier molecular flexibility index (Phi) is 4.48. The molecule has 0 atom stereocenters. The molecule has 16 heavy (non-hydrogen) atoms. The molecule has 3 nitrogen and oxygen atoms in total. The average molecular weight is 367 g/mol. The highest BCUT2D eigenvalue weighted by molar-refractivity contribution is 14.1. The fourth-order valence-electron chi connectivity index (χ4n) is 0.944. The van der Waals surface area contributed by atoms with Crippen LogP contribution in [-0.4, -0.2) is 18.5 Å². The smallest absolute Gasteiger partial charge is 0.490 e. The summed E-state index contributed by atoms with van der Waals surface area (Å²) in [5.41, 5.74) is 0.577. The van der Waals surface area contributed by atoms with E-state index >= 15 is 0 Å². The van der Waals surface area contributed by atoms with Crippen LogP contribution in [0, 0.1) is 3.57 Å². The number of methoxy groups -OCH3 is 1. The van der Waals surface area contributed by atoms with Gasteiger partial charge in [-0.25, -0.2) is 4.98 Å². The number of pyridine rings is 1. The predicted molar refractivity (Wildman–Crippen MR) is 59.7 cm³/mol. The Morgan fingerprint density at radius 1 is 1.50 bits per heavy atom. The van der Waals surface area contributed by atoms with Crippen molar-refractivity contribution in [1.29, 1.82) is 0 Å². The van der Waals surface area contributed by atoms with E-state index in [0.29, 0.717) is 9.13 Å². The van der Waals surface area contributed by atoms with Gasteiger partial charge in [0.1, 0.15) is 0 Å². The third-order valence-electron chi connectivity index (χ3n) is 1.57. The molecular formula is C8H6ClF3INO2. The number of ether oxygens (including phenoxy) is 2. The van der Waals surface area contributed by atoms with Crippen LogP contribution in [-0.2, 0) is 5.88 Å². The summed E-state index contributed by atoms with van der Waals surface area (Å²) in [6.07, 6.45) is -3.58. The van der Waals surface area contributed by atoms with E-state index in [1.807, 2.05) is 22.6 Å². The van der Waals surface area contributed by atoms with Gasteiger partial charge in [0.15, 0.2) is 5.75 Å². The Balaban J connectivity index is 3.16. The first-order valence-corrected chi connectivity index (χ1v) is 5.53. The molecule has 0 amide bonds. The quantitative estimate of drug-likeness (QED) is 0.607. The Hall–Kier alpha value is -0.440.